The normalized spacial score (nSPS) is 13.0. The van der Waals surface area contributed by atoms with Crippen LogP contribution in [0.2, 0.25) is 0 Å². The molecule has 0 unspecified atom stereocenters. The molecule has 0 aliphatic carbocycles. The molecule has 25 heavy (non-hydrogen) atoms. The standard InChI is InChI=1S/C19H22N4O.ClH/c20-19(23-12-6-7-13-23)22-17-11-5-4-10-16(17)18(24)21-14-15-8-2-1-3-9-15;/h1-5,8-11H,6-7,12-14H2,(H2,20,22)(H,21,24);1H. The van der Waals surface area contributed by atoms with Gasteiger partial charge < -0.3 is 15.5 Å². The van der Waals surface area contributed by atoms with Crippen molar-refractivity contribution in [3.8, 4) is 0 Å². The average molecular weight is 359 g/mol. The third-order valence-electron chi connectivity index (χ3n) is 4.14. The molecule has 0 atom stereocenters. The third kappa shape index (κ3) is 4.97. The van der Waals surface area contributed by atoms with Crippen molar-refractivity contribution in [2.75, 3.05) is 18.4 Å². The van der Waals surface area contributed by atoms with Gasteiger partial charge in [0.1, 0.15) is 0 Å². The molecular weight excluding hydrogens is 336 g/mol. The molecule has 0 saturated carbocycles. The quantitative estimate of drug-likeness (QED) is 0.579. The van der Waals surface area contributed by atoms with E-state index in [9.17, 15) is 4.79 Å². The predicted octanol–water partition coefficient (Wildman–Crippen LogP) is 3.48. The number of likely N-dealkylation sites (tertiary alicyclic amines) is 1. The van der Waals surface area contributed by atoms with E-state index in [0.29, 0.717) is 23.8 Å². The highest BCUT2D eigenvalue weighted by atomic mass is 35.5. The van der Waals surface area contributed by atoms with Crippen LogP contribution in [-0.2, 0) is 6.54 Å². The topological polar surface area (TPSA) is 68.2 Å². The molecule has 1 heterocycles. The summed E-state index contributed by atoms with van der Waals surface area (Å²) >= 11 is 0. The van der Waals surface area contributed by atoms with E-state index in [-0.39, 0.29) is 18.3 Å². The first-order chi connectivity index (χ1) is 11.7. The van der Waals surface area contributed by atoms with Crippen LogP contribution in [0.15, 0.2) is 54.6 Å². The molecule has 1 aliphatic heterocycles. The Morgan fingerprint density at radius 2 is 1.64 bits per heavy atom. The predicted molar refractivity (Wildman–Crippen MR) is 103 cm³/mol. The van der Waals surface area contributed by atoms with Crippen molar-refractivity contribution >= 4 is 30.0 Å². The third-order valence-corrected chi connectivity index (χ3v) is 4.14. The number of anilines is 1. The van der Waals surface area contributed by atoms with Gasteiger partial charge in [-0.2, -0.15) is 0 Å². The molecule has 0 aromatic heterocycles. The summed E-state index contributed by atoms with van der Waals surface area (Å²) in [5, 5.41) is 14.2. The summed E-state index contributed by atoms with van der Waals surface area (Å²) in [6.45, 7) is 2.28. The maximum absolute atomic E-state index is 12.5. The van der Waals surface area contributed by atoms with Gasteiger partial charge in [0.2, 0.25) is 0 Å². The Morgan fingerprint density at radius 1 is 1.00 bits per heavy atom. The number of rotatable bonds is 4. The maximum Gasteiger partial charge on any atom is 0.253 e. The van der Waals surface area contributed by atoms with Crippen LogP contribution in [0.1, 0.15) is 28.8 Å². The summed E-state index contributed by atoms with van der Waals surface area (Å²) < 4.78 is 0. The van der Waals surface area contributed by atoms with Crippen molar-refractivity contribution in [1.29, 1.82) is 5.41 Å². The van der Waals surface area contributed by atoms with E-state index in [0.717, 1.165) is 31.5 Å². The van der Waals surface area contributed by atoms with Gasteiger partial charge in [-0.25, -0.2) is 0 Å². The first kappa shape index (κ1) is 18.8. The van der Waals surface area contributed by atoms with Gasteiger partial charge in [0.05, 0.1) is 11.3 Å². The van der Waals surface area contributed by atoms with E-state index in [4.69, 9.17) is 5.41 Å². The molecule has 132 valence electrons. The first-order valence-corrected chi connectivity index (χ1v) is 8.26. The van der Waals surface area contributed by atoms with Crippen molar-refractivity contribution in [3.63, 3.8) is 0 Å². The number of carbonyl (C=O) groups is 1. The summed E-state index contributed by atoms with van der Waals surface area (Å²) in [5.41, 5.74) is 2.28. The van der Waals surface area contributed by atoms with Gasteiger partial charge in [-0.1, -0.05) is 42.5 Å². The fraction of sp³-hybridized carbons (Fsp3) is 0.263. The van der Waals surface area contributed by atoms with Crippen LogP contribution < -0.4 is 10.6 Å². The minimum atomic E-state index is -0.142. The Bertz CT molecular complexity index is 714. The SMILES string of the molecule is Cl.N=C(Nc1ccccc1C(=O)NCc1ccccc1)N1CCCC1. The molecule has 1 amide bonds. The number of guanidine groups is 1. The smallest absolute Gasteiger partial charge is 0.253 e. The lowest BCUT2D eigenvalue weighted by molar-refractivity contribution is 0.0952. The van der Waals surface area contributed by atoms with Gasteiger partial charge >= 0.3 is 0 Å². The fourth-order valence-electron chi connectivity index (χ4n) is 2.81. The highest BCUT2D eigenvalue weighted by Gasteiger charge is 2.17. The zero-order valence-corrected chi connectivity index (χ0v) is 14.8. The zero-order chi connectivity index (χ0) is 16.8. The van der Waals surface area contributed by atoms with E-state index in [2.05, 4.69) is 10.6 Å². The van der Waals surface area contributed by atoms with E-state index in [1.54, 1.807) is 6.07 Å². The Morgan fingerprint density at radius 3 is 2.36 bits per heavy atom. The minimum absolute atomic E-state index is 0. The number of amides is 1. The second kappa shape index (κ2) is 9.08. The first-order valence-electron chi connectivity index (χ1n) is 8.26. The fourth-order valence-corrected chi connectivity index (χ4v) is 2.81. The number of nitrogens with one attached hydrogen (secondary N) is 3. The Balaban J connectivity index is 0.00000225. The molecule has 3 N–H and O–H groups in total. The minimum Gasteiger partial charge on any atom is -0.348 e. The number of hydrogen-bond donors (Lipinski definition) is 3. The zero-order valence-electron chi connectivity index (χ0n) is 14.0. The second-order valence-corrected chi connectivity index (χ2v) is 5.88. The number of carbonyl (C=O) groups excluding carboxylic acids is 1. The molecule has 6 heteroatoms. The Labute approximate surface area is 154 Å². The average Bonchev–Trinajstić information content (AvgIpc) is 3.16. The Kier molecular flexibility index (Phi) is 6.83. The Hall–Kier alpha value is -2.53. The number of halogens is 1. The summed E-state index contributed by atoms with van der Waals surface area (Å²) in [5.74, 6) is 0.215. The molecule has 0 spiro atoms. The number of para-hydroxylation sites is 1. The molecule has 0 radical (unpaired) electrons. The van der Waals surface area contributed by atoms with Crippen molar-refractivity contribution in [3.05, 3.63) is 65.7 Å². The largest absolute Gasteiger partial charge is 0.348 e. The van der Waals surface area contributed by atoms with Gasteiger partial charge in [-0.3, -0.25) is 10.2 Å². The number of nitrogens with zero attached hydrogens (tertiary/aromatic N) is 1. The highest BCUT2D eigenvalue weighted by molar-refractivity contribution is 6.03. The summed E-state index contributed by atoms with van der Waals surface area (Å²) in [7, 11) is 0. The summed E-state index contributed by atoms with van der Waals surface area (Å²) in [4.78, 5) is 14.5. The second-order valence-electron chi connectivity index (χ2n) is 5.88. The monoisotopic (exact) mass is 358 g/mol. The molecule has 1 aliphatic rings. The van der Waals surface area contributed by atoms with Gasteiger partial charge in [0, 0.05) is 19.6 Å². The van der Waals surface area contributed by atoms with Gasteiger partial charge in [0.25, 0.3) is 5.91 Å². The lowest BCUT2D eigenvalue weighted by Gasteiger charge is -2.20. The summed E-state index contributed by atoms with van der Waals surface area (Å²) in [6, 6.07) is 17.1. The van der Waals surface area contributed by atoms with E-state index >= 15 is 0 Å². The van der Waals surface area contributed by atoms with Crippen LogP contribution in [0.5, 0.6) is 0 Å². The van der Waals surface area contributed by atoms with Crippen LogP contribution in [0.4, 0.5) is 5.69 Å². The highest BCUT2D eigenvalue weighted by Crippen LogP contribution is 2.17. The molecular formula is C19H23ClN4O. The van der Waals surface area contributed by atoms with Gasteiger partial charge in [0.15, 0.2) is 5.96 Å². The maximum atomic E-state index is 12.5. The van der Waals surface area contributed by atoms with Crippen LogP contribution in [0.25, 0.3) is 0 Å². The molecule has 5 nitrogen and oxygen atoms in total. The molecule has 0 bridgehead atoms. The lowest BCUT2D eigenvalue weighted by atomic mass is 10.1. The molecule has 3 rings (SSSR count). The van der Waals surface area contributed by atoms with Crippen LogP contribution >= 0.6 is 12.4 Å². The van der Waals surface area contributed by atoms with Crippen molar-refractivity contribution in [1.82, 2.24) is 10.2 Å². The number of hydrogen-bond acceptors (Lipinski definition) is 2. The van der Waals surface area contributed by atoms with Crippen LogP contribution in [0.3, 0.4) is 0 Å². The molecule has 2 aromatic carbocycles. The summed E-state index contributed by atoms with van der Waals surface area (Å²) in [6.07, 6.45) is 2.23. The van der Waals surface area contributed by atoms with Crippen LogP contribution in [0, 0.1) is 5.41 Å². The van der Waals surface area contributed by atoms with E-state index in [1.165, 1.54) is 0 Å². The van der Waals surface area contributed by atoms with Crippen molar-refractivity contribution < 1.29 is 4.79 Å². The van der Waals surface area contributed by atoms with E-state index in [1.807, 2.05) is 53.4 Å². The van der Waals surface area contributed by atoms with Gasteiger partial charge in [-0.15, -0.1) is 12.4 Å². The van der Waals surface area contributed by atoms with Crippen molar-refractivity contribution in [2.45, 2.75) is 19.4 Å². The van der Waals surface area contributed by atoms with E-state index < -0.39 is 0 Å². The van der Waals surface area contributed by atoms with Crippen molar-refractivity contribution in [2.24, 2.45) is 0 Å². The number of benzene rings is 2. The molecule has 2 aromatic rings. The van der Waals surface area contributed by atoms with Crippen LogP contribution in [-0.4, -0.2) is 29.9 Å². The lowest BCUT2D eigenvalue weighted by Crippen LogP contribution is -2.34. The molecule has 1 saturated heterocycles. The van der Waals surface area contributed by atoms with Gasteiger partial charge in [-0.05, 0) is 30.5 Å². The molecule has 1 fully saturated rings.